The number of anilines is 1. The number of carbonyl (C=O) groups excluding carboxylic acids is 1. The smallest absolute Gasteiger partial charge is 0.269 e. The maximum Gasteiger partial charge on any atom is 0.269 e. The molecule has 1 aliphatic rings. The molecule has 1 aliphatic heterocycles. The second kappa shape index (κ2) is 5.60. The molecule has 0 saturated carbocycles. The highest BCUT2D eigenvalue weighted by atomic mass is 16.1. The molecule has 0 aliphatic carbocycles. The van der Waals surface area contributed by atoms with Crippen LogP contribution in [-0.4, -0.2) is 22.2 Å². The monoisotopic (exact) mass is 284 g/mol. The van der Waals surface area contributed by atoms with E-state index in [0.29, 0.717) is 12.2 Å². The lowest BCUT2D eigenvalue weighted by molar-refractivity contribution is 0.0994. The fourth-order valence-corrected chi connectivity index (χ4v) is 2.94. The number of hydrogen-bond acceptors (Lipinski definition) is 3. The first-order valence-corrected chi connectivity index (χ1v) is 7.39. The van der Waals surface area contributed by atoms with Crippen molar-refractivity contribution in [1.82, 2.24) is 9.78 Å². The van der Waals surface area contributed by atoms with Crippen molar-refractivity contribution in [2.24, 2.45) is 5.73 Å². The molecular formula is C16H20N4O. The summed E-state index contributed by atoms with van der Waals surface area (Å²) in [5.74, 6) is -0.434. The van der Waals surface area contributed by atoms with Gasteiger partial charge in [0.15, 0.2) is 5.69 Å². The highest BCUT2D eigenvalue weighted by Gasteiger charge is 2.26. The quantitative estimate of drug-likeness (QED) is 0.933. The normalized spacial score (nSPS) is 14.0. The van der Waals surface area contributed by atoms with Crippen LogP contribution >= 0.6 is 0 Å². The molecule has 1 aromatic carbocycles. The number of para-hydroxylation sites is 1. The van der Waals surface area contributed by atoms with Crippen molar-refractivity contribution in [3.8, 4) is 0 Å². The Morgan fingerprint density at radius 1 is 1.33 bits per heavy atom. The van der Waals surface area contributed by atoms with Crippen LogP contribution in [0.5, 0.6) is 0 Å². The summed E-state index contributed by atoms with van der Waals surface area (Å²) in [5, 5.41) is 4.42. The largest absolute Gasteiger partial charge is 0.367 e. The Kier molecular flexibility index (Phi) is 3.64. The number of nitrogens with zero attached hydrogens (tertiary/aromatic N) is 3. The van der Waals surface area contributed by atoms with E-state index in [1.165, 1.54) is 5.69 Å². The summed E-state index contributed by atoms with van der Waals surface area (Å²) in [6, 6.07) is 10.2. The fraction of sp³-hybridized carbons (Fsp3) is 0.375. The molecule has 110 valence electrons. The molecule has 0 radical (unpaired) electrons. The molecule has 0 fully saturated rings. The Morgan fingerprint density at radius 2 is 2.10 bits per heavy atom. The van der Waals surface area contributed by atoms with E-state index in [1.54, 1.807) is 0 Å². The fourth-order valence-electron chi connectivity index (χ4n) is 2.94. The molecule has 0 unspecified atom stereocenters. The van der Waals surface area contributed by atoms with E-state index in [0.717, 1.165) is 37.2 Å². The van der Waals surface area contributed by atoms with E-state index >= 15 is 0 Å². The van der Waals surface area contributed by atoms with Crippen LogP contribution in [-0.2, 0) is 19.5 Å². The molecule has 2 N–H and O–H groups in total. The van der Waals surface area contributed by atoms with Gasteiger partial charge in [-0.2, -0.15) is 5.10 Å². The number of nitrogens with two attached hydrogens (primary N) is 1. The molecule has 0 atom stereocenters. The van der Waals surface area contributed by atoms with Gasteiger partial charge >= 0.3 is 0 Å². The lowest BCUT2D eigenvalue weighted by atomic mass is 10.0. The maximum atomic E-state index is 11.7. The molecule has 21 heavy (non-hydrogen) atoms. The molecular weight excluding hydrogens is 264 g/mol. The summed E-state index contributed by atoms with van der Waals surface area (Å²) in [5.41, 5.74) is 9.25. The Bertz CT molecular complexity index is 648. The van der Waals surface area contributed by atoms with Crippen molar-refractivity contribution in [2.75, 3.05) is 11.4 Å². The van der Waals surface area contributed by atoms with Gasteiger partial charge in [-0.1, -0.05) is 25.1 Å². The van der Waals surface area contributed by atoms with Gasteiger partial charge in [-0.05, 0) is 18.6 Å². The number of amides is 1. The summed E-state index contributed by atoms with van der Waals surface area (Å²) in [6.07, 6.45) is 1.89. The zero-order chi connectivity index (χ0) is 14.8. The van der Waals surface area contributed by atoms with E-state index in [1.807, 2.05) is 22.9 Å². The molecule has 0 bridgehead atoms. The van der Waals surface area contributed by atoms with Crippen LogP contribution in [0.2, 0.25) is 0 Å². The van der Waals surface area contributed by atoms with Crippen molar-refractivity contribution in [1.29, 1.82) is 0 Å². The first-order chi connectivity index (χ1) is 10.2. The molecule has 0 saturated heterocycles. The Morgan fingerprint density at radius 3 is 2.76 bits per heavy atom. The highest BCUT2D eigenvalue weighted by Crippen LogP contribution is 2.26. The number of aromatic nitrogens is 2. The first-order valence-electron chi connectivity index (χ1n) is 7.39. The topological polar surface area (TPSA) is 64.2 Å². The number of aryl methyl sites for hydroxylation is 1. The van der Waals surface area contributed by atoms with Crippen LogP contribution in [0.1, 0.15) is 35.1 Å². The van der Waals surface area contributed by atoms with Crippen LogP contribution in [0.15, 0.2) is 30.3 Å². The highest BCUT2D eigenvalue weighted by molar-refractivity contribution is 5.92. The average Bonchev–Trinajstić information content (AvgIpc) is 2.87. The molecule has 2 aromatic rings. The van der Waals surface area contributed by atoms with Crippen LogP contribution in [0.3, 0.4) is 0 Å². The zero-order valence-corrected chi connectivity index (χ0v) is 12.2. The summed E-state index contributed by atoms with van der Waals surface area (Å²) >= 11 is 0. The van der Waals surface area contributed by atoms with E-state index in [2.05, 4.69) is 29.1 Å². The Balaban J connectivity index is 1.96. The number of primary amides is 1. The van der Waals surface area contributed by atoms with Crippen LogP contribution in [0.4, 0.5) is 5.69 Å². The minimum atomic E-state index is -0.434. The molecule has 1 amide bonds. The summed E-state index contributed by atoms with van der Waals surface area (Å²) in [6.45, 7) is 4.57. The van der Waals surface area contributed by atoms with E-state index < -0.39 is 5.91 Å². The SMILES string of the molecule is CCCn1nc(C(N)=O)c2c1CCN(c1ccccc1)C2. The predicted octanol–water partition coefficient (Wildman–Crippen LogP) is 1.95. The van der Waals surface area contributed by atoms with Gasteiger partial charge in [0.2, 0.25) is 0 Å². The van der Waals surface area contributed by atoms with Gasteiger partial charge in [0.1, 0.15) is 0 Å². The third-order valence-electron chi connectivity index (χ3n) is 3.92. The maximum absolute atomic E-state index is 11.7. The molecule has 1 aromatic heterocycles. The van der Waals surface area contributed by atoms with Crippen molar-refractivity contribution in [3.05, 3.63) is 47.3 Å². The first kappa shape index (κ1) is 13.7. The van der Waals surface area contributed by atoms with E-state index in [-0.39, 0.29) is 0 Å². The summed E-state index contributed by atoms with van der Waals surface area (Å²) < 4.78 is 1.96. The van der Waals surface area contributed by atoms with Crippen molar-refractivity contribution in [3.63, 3.8) is 0 Å². The van der Waals surface area contributed by atoms with Gasteiger partial charge < -0.3 is 10.6 Å². The summed E-state index contributed by atoms with van der Waals surface area (Å²) in [7, 11) is 0. The molecule has 3 rings (SSSR count). The number of carbonyl (C=O) groups is 1. The second-order valence-electron chi connectivity index (χ2n) is 5.37. The van der Waals surface area contributed by atoms with E-state index in [9.17, 15) is 4.79 Å². The average molecular weight is 284 g/mol. The lowest BCUT2D eigenvalue weighted by Gasteiger charge is -2.29. The third-order valence-corrected chi connectivity index (χ3v) is 3.92. The number of hydrogen-bond donors (Lipinski definition) is 1. The van der Waals surface area contributed by atoms with Gasteiger partial charge in [0.25, 0.3) is 5.91 Å². The van der Waals surface area contributed by atoms with Crippen molar-refractivity contribution in [2.45, 2.75) is 32.9 Å². The van der Waals surface area contributed by atoms with Crippen molar-refractivity contribution < 1.29 is 4.79 Å². The molecule has 2 heterocycles. The predicted molar refractivity (Wildman–Crippen MR) is 82.2 cm³/mol. The van der Waals surface area contributed by atoms with Gasteiger partial charge in [-0.25, -0.2) is 0 Å². The number of rotatable bonds is 4. The molecule has 0 spiro atoms. The van der Waals surface area contributed by atoms with E-state index in [4.69, 9.17) is 5.73 Å². The minimum absolute atomic E-state index is 0.430. The number of fused-ring (bicyclic) bond motifs is 1. The van der Waals surface area contributed by atoms with Crippen molar-refractivity contribution >= 4 is 11.6 Å². The second-order valence-corrected chi connectivity index (χ2v) is 5.37. The zero-order valence-electron chi connectivity index (χ0n) is 12.2. The minimum Gasteiger partial charge on any atom is -0.367 e. The van der Waals surface area contributed by atoms with Gasteiger partial charge in [-0.15, -0.1) is 0 Å². The van der Waals surface area contributed by atoms with Crippen LogP contribution < -0.4 is 10.6 Å². The van der Waals surface area contributed by atoms with Gasteiger partial charge in [-0.3, -0.25) is 9.48 Å². The standard InChI is InChI=1S/C16H20N4O/c1-2-9-20-14-8-10-19(12-6-4-3-5-7-12)11-13(14)15(18-20)16(17)21/h3-7H,2,8-11H2,1H3,(H2,17,21). The van der Waals surface area contributed by atoms with Gasteiger partial charge in [0, 0.05) is 43.0 Å². The summed E-state index contributed by atoms with van der Waals surface area (Å²) in [4.78, 5) is 13.9. The Hall–Kier alpha value is -2.30. The van der Waals surface area contributed by atoms with Gasteiger partial charge in [0.05, 0.1) is 0 Å². The third kappa shape index (κ3) is 2.51. The van der Waals surface area contributed by atoms with Crippen LogP contribution in [0.25, 0.3) is 0 Å². The molecule has 5 nitrogen and oxygen atoms in total. The van der Waals surface area contributed by atoms with Crippen LogP contribution in [0, 0.1) is 0 Å². The molecule has 5 heteroatoms. The number of benzene rings is 1. The lowest BCUT2D eigenvalue weighted by Crippen LogP contribution is -2.32. The Labute approximate surface area is 124 Å².